The molecule has 1 aromatic carbocycles. The normalized spacial score (nSPS) is 13.2. The second-order valence-corrected chi connectivity index (χ2v) is 6.19. The molecule has 1 amide bonds. The molecule has 2 N–H and O–H groups in total. The van der Waals surface area contributed by atoms with Gasteiger partial charge in [-0.2, -0.15) is 13.2 Å². The van der Waals surface area contributed by atoms with Gasteiger partial charge in [-0.15, -0.1) is 0 Å². The summed E-state index contributed by atoms with van der Waals surface area (Å²) in [6, 6.07) is 11.0. The molecule has 1 atom stereocenters. The first-order valence-corrected chi connectivity index (χ1v) is 8.45. The van der Waals surface area contributed by atoms with Crippen molar-refractivity contribution >= 4 is 17.7 Å². The summed E-state index contributed by atoms with van der Waals surface area (Å²) in [5.74, 6) is -2.91. The fraction of sp³-hybridized carbons (Fsp3) is 0.316. The van der Waals surface area contributed by atoms with Crippen LogP contribution < -0.4 is 15.4 Å². The Bertz CT molecular complexity index is 854. The maximum absolute atomic E-state index is 14.0. The number of aromatic nitrogens is 1. The van der Waals surface area contributed by atoms with E-state index in [1.807, 2.05) is 5.32 Å². The van der Waals surface area contributed by atoms with Gasteiger partial charge in [0.25, 0.3) is 5.91 Å². The SMILES string of the molecule is COC(=O)C(NC(=O)COc1ccccc1)(Nc1cc(C)cc(C)n1)C(F)(F)F. The number of benzene rings is 1. The lowest BCUT2D eigenvalue weighted by molar-refractivity contribution is -0.206. The van der Waals surface area contributed by atoms with Crippen LogP contribution in [0.15, 0.2) is 42.5 Å². The summed E-state index contributed by atoms with van der Waals surface area (Å²) in [5.41, 5.74) is -2.52. The van der Waals surface area contributed by atoms with Crippen molar-refractivity contribution in [2.24, 2.45) is 0 Å². The standard InChI is InChI=1S/C19H20F3N3O4/c1-12-9-13(2)23-15(10-12)24-18(17(27)28-3,19(20,21)22)25-16(26)11-29-14-7-5-4-6-8-14/h4-10H,11H2,1-3H3,(H,23,24)(H,25,26). The van der Waals surface area contributed by atoms with Crippen LogP contribution in [0.25, 0.3) is 0 Å². The van der Waals surface area contributed by atoms with Gasteiger partial charge in [0.15, 0.2) is 6.61 Å². The molecule has 0 bridgehead atoms. The van der Waals surface area contributed by atoms with Gasteiger partial charge in [-0.1, -0.05) is 18.2 Å². The van der Waals surface area contributed by atoms with E-state index in [9.17, 15) is 22.8 Å². The highest BCUT2D eigenvalue weighted by atomic mass is 19.4. The molecule has 2 rings (SSSR count). The molecule has 7 nitrogen and oxygen atoms in total. The van der Waals surface area contributed by atoms with Gasteiger partial charge < -0.3 is 20.1 Å². The summed E-state index contributed by atoms with van der Waals surface area (Å²) in [7, 11) is 0.784. The predicted octanol–water partition coefficient (Wildman–Crippen LogP) is 2.74. The second kappa shape index (κ2) is 8.80. The number of esters is 1. The molecule has 0 saturated heterocycles. The van der Waals surface area contributed by atoms with Gasteiger partial charge in [-0.25, -0.2) is 9.78 Å². The van der Waals surface area contributed by atoms with Crippen LogP contribution in [0, 0.1) is 13.8 Å². The first kappa shape index (κ1) is 22.0. The minimum absolute atomic E-state index is 0.255. The van der Waals surface area contributed by atoms with E-state index in [1.54, 1.807) is 43.4 Å². The Balaban J connectivity index is 2.32. The fourth-order valence-electron chi connectivity index (χ4n) is 2.55. The molecule has 0 aliphatic heterocycles. The van der Waals surface area contributed by atoms with Crippen LogP contribution in [0.1, 0.15) is 11.3 Å². The van der Waals surface area contributed by atoms with Crippen molar-refractivity contribution < 1.29 is 32.2 Å². The third-order valence-electron chi connectivity index (χ3n) is 3.77. The topological polar surface area (TPSA) is 89.5 Å². The summed E-state index contributed by atoms with van der Waals surface area (Å²) in [4.78, 5) is 28.3. The maximum Gasteiger partial charge on any atom is 0.441 e. The third-order valence-corrected chi connectivity index (χ3v) is 3.77. The molecule has 1 unspecified atom stereocenters. The molecule has 156 valence electrons. The summed E-state index contributed by atoms with van der Waals surface area (Å²) in [6.07, 6.45) is -5.25. The number of nitrogens with one attached hydrogen (secondary N) is 2. The molecule has 0 aliphatic carbocycles. The van der Waals surface area contributed by atoms with Crippen molar-refractivity contribution in [3.63, 3.8) is 0 Å². The average molecular weight is 411 g/mol. The van der Waals surface area contributed by atoms with Gasteiger partial charge in [0.2, 0.25) is 0 Å². The first-order valence-electron chi connectivity index (χ1n) is 8.45. The van der Waals surface area contributed by atoms with E-state index in [-0.39, 0.29) is 11.6 Å². The molecule has 2 aromatic rings. The molecule has 29 heavy (non-hydrogen) atoms. The van der Waals surface area contributed by atoms with Gasteiger partial charge >= 0.3 is 17.8 Å². The molecule has 1 heterocycles. The number of alkyl halides is 3. The van der Waals surface area contributed by atoms with E-state index in [1.165, 1.54) is 18.2 Å². The zero-order valence-electron chi connectivity index (χ0n) is 16.0. The third kappa shape index (κ3) is 5.37. The highest BCUT2D eigenvalue weighted by Gasteiger charge is 2.63. The summed E-state index contributed by atoms with van der Waals surface area (Å²) >= 11 is 0. The lowest BCUT2D eigenvalue weighted by Gasteiger charge is -2.34. The average Bonchev–Trinajstić information content (AvgIpc) is 2.64. The second-order valence-electron chi connectivity index (χ2n) is 6.19. The predicted molar refractivity (Wildman–Crippen MR) is 98.2 cm³/mol. The zero-order valence-corrected chi connectivity index (χ0v) is 16.0. The van der Waals surface area contributed by atoms with Crippen molar-refractivity contribution in [2.45, 2.75) is 25.7 Å². The number of pyridine rings is 1. The lowest BCUT2D eigenvalue weighted by atomic mass is 10.1. The van der Waals surface area contributed by atoms with Crippen LogP contribution in [-0.4, -0.2) is 42.4 Å². The van der Waals surface area contributed by atoms with Crippen molar-refractivity contribution in [2.75, 3.05) is 19.0 Å². The van der Waals surface area contributed by atoms with Gasteiger partial charge in [0.05, 0.1) is 7.11 Å². The molecule has 0 radical (unpaired) electrons. The molecule has 0 fully saturated rings. The smallest absolute Gasteiger partial charge is 0.441 e. The van der Waals surface area contributed by atoms with E-state index >= 15 is 0 Å². The van der Waals surface area contributed by atoms with Crippen LogP contribution in [0.3, 0.4) is 0 Å². The Labute approximate surface area is 165 Å². The van der Waals surface area contributed by atoms with E-state index in [0.29, 0.717) is 11.3 Å². The van der Waals surface area contributed by atoms with Crippen LogP contribution in [-0.2, 0) is 14.3 Å². The Kier molecular flexibility index (Phi) is 6.68. The minimum Gasteiger partial charge on any atom is -0.484 e. The van der Waals surface area contributed by atoms with Crippen LogP contribution >= 0.6 is 0 Å². The number of carbonyl (C=O) groups excluding carboxylic acids is 2. The summed E-state index contributed by atoms with van der Waals surface area (Å²) < 4.78 is 51.4. The molecule has 1 aromatic heterocycles. The number of anilines is 1. The number of ether oxygens (including phenoxy) is 2. The highest BCUT2D eigenvalue weighted by molar-refractivity contribution is 5.91. The number of methoxy groups -OCH3 is 1. The molecule has 10 heteroatoms. The number of para-hydroxylation sites is 1. The van der Waals surface area contributed by atoms with Crippen molar-refractivity contribution in [3.05, 3.63) is 53.7 Å². The largest absolute Gasteiger partial charge is 0.484 e. The summed E-state index contributed by atoms with van der Waals surface area (Å²) in [5, 5.41) is 3.66. The van der Waals surface area contributed by atoms with E-state index < -0.39 is 30.3 Å². The van der Waals surface area contributed by atoms with Gasteiger partial charge in [-0.3, -0.25) is 4.79 Å². The number of halogens is 3. The first-order chi connectivity index (χ1) is 13.6. The highest BCUT2D eigenvalue weighted by Crippen LogP contribution is 2.33. The van der Waals surface area contributed by atoms with Crippen molar-refractivity contribution in [1.82, 2.24) is 10.3 Å². The number of rotatable bonds is 7. The van der Waals surface area contributed by atoms with Crippen LogP contribution in [0.2, 0.25) is 0 Å². The van der Waals surface area contributed by atoms with E-state index in [4.69, 9.17) is 4.74 Å². The Morgan fingerprint density at radius 1 is 1.10 bits per heavy atom. The molecule has 0 spiro atoms. The number of aryl methyl sites for hydroxylation is 2. The van der Waals surface area contributed by atoms with Crippen molar-refractivity contribution in [1.29, 1.82) is 0 Å². The van der Waals surface area contributed by atoms with E-state index in [2.05, 4.69) is 9.72 Å². The number of hydrogen-bond acceptors (Lipinski definition) is 6. The number of nitrogens with zero attached hydrogens (tertiary/aromatic N) is 1. The quantitative estimate of drug-likeness (QED) is 0.538. The number of amides is 1. The van der Waals surface area contributed by atoms with Gasteiger partial charge in [-0.05, 0) is 43.7 Å². The van der Waals surface area contributed by atoms with Crippen LogP contribution in [0.5, 0.6) is 5.75 Å². The monoisotopic (exact) mass is 411 g/mol. The Hall–Kier alpha value is -3.30. The zero-order chi connectivity index (χ0) is 21.7. The Morgan fingerprint density at radius 2 is 1.76 bits per heavy atom. The number of carbonyl (C=O) groups is 2. The van der Waals surface area contributed by atoms with Crippen LogP contribution in [0.4, 0.5) is 19.0 Å². The molecule has 0 aliphatic rings. The Morgan fingerprint density at radius 3 is 2.31 bits per heavy atom. The van der Waals surface area contributed by atoms with Crippen molar-refractivity contribution in [3.8, 4) is 5.75 Å². The molecular weight excluding hydrogens is 391 g/mol. The van der Waals surface area contributed by atoms with Gasteiger partial charge in [0, 0.05) is 5.69 Å². The molecular formula is C19H20F3N3O4. The summed E-state index contributed by atoms with van der Waals surface area (Å²) in [6.45, 7) is 2.48. The maximum atomic E-state index is 14.0. The van der Waals surface area contributed by atoms with Gasteiger partial charge in [0.1, 0.15) is 11.6 Å². The van der Waals surface area contributed by atoms with E-state index in [0.717, 1.165) is 7.11 Å². The molecule has 0 saturated carbocycles. The number of hydrogen-bond donors (Lipinski definition) is 2. The minimum atomic E-state index is -5.25. The fourth-order valence-corrected chi connectivity index (χ4v) is 2.55. The lowest BCUT2D eigenvalue weighted by Crippen LogP contribution is -2.69.